The van der Waals surface area contributed by atoms with E-state index in [0.717, 1.165) is 11.3 Å². The van der Waals surface area contributed by atoms with Gasteiger partial charge in [-0.05, 0) is 29.8 Å². The van der Waals surface area contributed by atoms with Gasteiger partial charge in [-0.15, -0.1) is 16.0 Å². The molecule has 3 rings (SSSR count). The first-order valence-corrected chi connectivity index (χ1v) is 7.94. The van der Waals surface area contributed by atoms with E-state index in [0.29, 0.717) is 17.3 Å². The molecule has 0 fully saturated rings. The van der Waals surface area contributed by atoms with Crippen molar-refractivity contribution in [2.24, 2.45) is 4.40 Å². The van der Waals surface area contributed by atoms with Gasteiger partial charge in [-0.3, -0.25) is 0 Å². The van der Waals surface area contributed by atoms with Crippen molar-refractivity contribution < 1.29 is 8.42 Å². The van der Waals surface area contributed by atoms with Gasteiger partial charge >= 0.3 is 0 Å². The Balaban J connectivity index is 2.00. The fourth-order valence-corrected chi connectivity index (χ4v) is 3.41. The highest BCUT2D eigenvalue weighted by Crippen LogP contribution is 2.26. The van der Waals surface area contributed by atoms with Crippen LogP contribution in [-0.4, -0.2) is 14.3 Å². The van der Waals surface area contributed by atoms with Gasteiger partial charge in [-0.2, -0.15) is 8.42 Å². The molecule has 1 heterocycles. The topological polar surface area (TPSA) is 58.5 Å². The van der Waals surface area contributed by atoms with Crippen LogP contribution in [0.5, 0.6) is 0 Å². The second-order valence-corrected chi connectivity index (χ2v) is 6.21. The molecule has 2 aromatic carbocycles. The van der Waals surface area contributed by atoms with Gasteiger partial charge in [-0.1, -0.05) is 24.3 Å². The second kappa shape index (κ2) is 4.92. The van der Waals surface area contributed by atoms with Crippen molar-refractivity contribution in [1.29, 1.82) is 0 Å². The van der Waals surface area contributed by atoms with Crippen LogP contribution in [0, 0.1) is 0 Å². The van der Waals surface area contributed by atoms with E-state index in [1.165, 1.54) is 0 Å². The van der Waals surface area contributed by atoms with Gasteiger partial charge in [0.1, 0.15) is 4.90 Å². The van der Waals surface area contributed by atoms with Crippen molar-refractivity contribution in [3.05, 3.63) is 59.7 Å². The molecule has 0 aliphatic carbocycles. The SMILES string of the molecule is O=S1(=O)N=C(Nc2cccc(CCl)c2)c2ccccc21. The number of halogens is 1. The third kappa shape index (κ3) is 2.30. The summed E-state index contributed by atoms with van der Waals surface area (Å²) in [7, 11) is -3.59. The third-order valence-corrected chi connectivity index (χ3v) is 4.62. The summed E-state index contributed by atoms with van der Waals surface area (Å²) in [5.74, 6) is 0.740. The highest BCUT2D eigenvalue weighted by atomic mass is 35.5. The number of alkyl halides is 1. The number of hydrogen-bond donors (Lipinski definition) is 1. The number of sulfonamides is 1. The minimum atomic E-state index is -3.59. The predicted octanol–water partition coefficient (Wildman–Crippen LogP) is 2.99. The van der Waals surface area contributed by atoms with Crippen LogP contribution in [0.1, 0.15) is 11.1 Å². The van der Waals surface area contributed by atoms with Crippen LogP contribution in [0.2, 0.25) is 0 Å². The average Bonchev–Trinajstić information content (AvgIpc) is 2.71. The van der Waals surface area contributed by atoms with E-state index in [1.807, 2.05) is 24.3 Å². The van der Waals surface area contributed by atoms with Crippen molar-refractivity contribution in [3.63, 3.8) is 0 Å². The van der Waals surface area contributed by atoms with E-state index in [4.69, 9.17) is 11.6 Å². The number of fused-ring (bicyclic) bond motifs is 1. The van der Waals surface area contributed by atoms with Gasteiger partial charge in [0.2, 0.25) is 0 Å². The molecule has 1 aliphatic heterocycles. The Morgan fingerprint density at radius 2 is 1.90 bits per heavy atom. The zero-order chi connectivity index (χ0) is 14.2. The molecule has 0 radical (unpaired) electrons. The van der Waals surface area contributed by atoms with E-state index in [-0.39, 0.29) is 4.90 Å². The quantitative estimate of drug-likeness (QED) is 0.868. The van der Waals surface area contributed by atoms with E-state index in [1.54, 1.807) is 24.3 Å². The van der Waals surface area contributed by atoms with Crippen molar-refractivity contribution in [1.82, 2.24) is 0 Å². The third-order valence-electron chi connectivity index (χ3n) is 2.98. The number of amidine groups is 1. The molecule has 0 atom stereocenters. The molecule has 1 aliphatic rings. The van der Waals surface area contributed by atoms with Crippen molar-refractivity contribution in [2.45, 2.75) is 10.8 Å². The Morgan fingerprint density at radius 3 is 2.70 bits per heavy atom. The van der Waals surface area contributed by atoms with Crippen LogP contribution in [0.4, 0.5) is 5.69 Å². The lowest BCUT2D eigenvalue weighted by Crippen LogP contribution is -2.11. The highest BCUT2D eigenvalue weighted by molar-refractivity contribution is 7.90. The molecule has 0 bridgehead atoms. The Hall–Kier alpha value is -1.85. The second-order valence-electron chi connectivity index (χ2n) is 4.37. The predicted molar refractivity (Wildman–Crippen MR) is 79.8 cm³/mol. The minimum absolute atomic E-state index is 0.232. The molecule has 102 valence electrons. The lowest BCUT2D eigenvalue weighted by atomic mass is 10.2. The fourth-order valence-electron chi connectivity index (χ4n) is 2.06. The van der Waals surface area contributed by atoms with E-state index >= 15 is 0 Å². The normalized spacial score (nSPS) is 15.6. The van der Waals surface area contributed by atoms with E-state index in [2.05, 4.69) is 9.71 Å². The molecule has 6 heteroatoms. The average molecular weight is 307 g/mol. The molecular formula is C14H11ClN2O2S. The van der Waals surface area contributed by atoms with Crippen LogP contribution >= 0.6 is 11.6 Å². The van der Waals surface area contributed by atoms with Crippen LogP contribution in [-0.2, 0) is 15.9 Å². The lowest BCUT2D eigenvalue weighted by molar-refractivity contribution is 0.599. The molecule has 0 amide bonds. The summed E-state index contributed by atoms with van der Waals surface area (Å²) in [6.45, 7) is 0. The van der Waals surface area contributed by atoms with Crippen molar-refractivity contribution in [2.75, 3.05) is 5.32 Å². The van der Waals surface area contributed by atoms with Crippen molar-refractivity contribution in [3.8, 4) is 0 Å². The number of rotatable bonds is 2. The van der Waals surface area contributed by atoms with E-state index in [9.17, 15) is 8.42 Å². The summed E-state index contributed by atoms with van der Waals surface area (Å²) in [4.78, 5) is 0.232. The van der Waals surface area contributed by atoms with Gasteiger partial charge in [0.05, 0.1) is 0 Å². The maximum absolute atomic E-state index is 11.9. The molecule has 1 N–H and O–H groups in total. The van der Waals surface area contributed by atoms with Gasteiger partial charge in [-0.25, -0.2) is 0 Å². The lowest BCUT2D eigenvalue weighted by Gasteiger charge is -2.07. The first kappa shape index (κ1) is 13.1. The Morgan fingerprint density at radius 1 is 1.10 bits per heavy atom. The number of hydrogen-bond acceptors (Lipinski definition) is 3. The van der Waals surface area contributed by atoms with Crippen molar-refractivity contribution >= 4 is 33.1 Å². The number of nitrogens with zero attached hydrogens (tertiary/aromatic N) is 1. The zero-order valence-corrected chi connectivity index (χ0v) is 11.9. The molecule has 0 saturated carbocycles. The monoisotopic (exact) mass is 306 g/mol. The fraction of sp³-hybridized carbons (Fsp3) is 0.0714. The smallest absolute Gasteiger partial charge is 0.285 e. The maximum Gasteiger partial charge on any atom is 0.285 e. The first-order valence-electron chi connectivity index (χ1n) is 5.96. The molecule has 20 heavy (non-hydrogen) atoms. The molecular weight excluding hydrogens is 296 g/mol. The number of nitrogens with one attached hydrogen (secondary N) is 1. The molecule has 2 aromatic rings. The number of benzene rings is 2. The Bertz CT molecular complexity index is 800. The standard InChI is InChI=1S/C14H11ClN2O2S/c15-9-10-4-3-5-11(8-10)16-14-12-6-1-2-7-13(12)20(18,19)17-14/h1-8H,9H2,(H,16,17). The molecule has 0 saturated heterocycles. The van der Waals surface area contributed by atoms with Crippen LogP contribution in [0.25, 0.3) is 0 Å². The van der Waals surface area contributed by atoms with Gasteiger partial charge in [0, 0.05) is 17.1 Å². The molecule has 4 nitrogen and oxygen atoms in total. The Kier molecular flexibility index (Phi) is 3.23. The van der Waals surface area contributed by atoms with Crippen LogP contribution in [0.15, 0.2) is 57.8 Å². The summed E-state index contributed by atoms with van der Waals surface area (Å²) in [5, 5.41) is 3.04. The summed E-state index contributed by atoms with van der Waals surface area (Å²) < 4.78 is 27.6. The zero-order valence-electron chi connectivity index (χ0n) is 10.4. The molecule has 0 spiro atoms. The summed E-state index contributed by atoms with van der Waals surface area (Å²) in [6.07, 6.45) is 0. The van der Waals surface area contributed by atoms with Gasteiger partial charge in [0.25, 0.3) is 10.0 Å². The summed E-state index contributed by atoms with van der Waals surface area (Å²) in [5.41, 5.74) is 2.30. The first-order chi connectivity index (χ1) is 9.60. The van der Waals surface area contributed by atoms with Gasteiger partial charge in [0.15, 0.2) is 5.84 Å². The summed E-state index contributed by atoms with van der Waals surface area (Å²) in [6, 6.07) is 14.2. The maximum atomic E-state index is 11.9. The van der Waals surface area contributed by atoms with E-state index < -0.39 is 10.0 Å². The largest absolute Gasteiger partial charge is 0.339 e. The minimum Gasteiger partial charge on any atom is -0.339 e. The molecule has 0 aromatic heterocycles. The Labute approximate surface area is 122 Å². The molecule has 0 unspecified atom stereocenters. The number of anilines is 1. The van der Waals surface area contributed by atoms with Gasteiger partial charge < -0.3 is 5.32 Å². The van der Waals surface area contributed by atoms with Crippen LogP contribution in [0.3, 0.4) is 0 Å². The summed E-state index contributed by atoms with van der Waals surface area (Å²) >= 11 is 5.79. The van der Waals surface area contributed by atoms with Crippen LogP contribution < -0.4 is 5.32 Å². The highest BCUT2D eigenvalue weighted by Gasteiger charge is 2.28.